The predicted octanol–water partition coefficient (Wildman–Crippen LogP) is 0.544. The number of hydrogen-bond donors (Lipinski definition) is 2. The molecule has 0 fully saturated rings. The van der Waals surface area contributed by atoms with Crippen LogP contribution in [0.2, 0.25) is 0 Å². The molecule has 0 aromatic heterocycles. The number of rotatable bonds is 5. The zero-order valence-electron chi connectivity index (χ0n) is 7.12. The minimum Gasteiger partial charge on any atom is -0.405 e. The molecule has 0 amide bonds. The summed E-state index contributed by atoms with van der Waals surface area (Å²) < 4.78 is 4.24. The molecule has 4 nitrogen and oxygen atoms in total. The fourth-order valence-corrected chi connectivity index (χ4v) is 0.661. The van der Waals surface area contributed by atoms with Crippen molar-refractivity contribution in [3.63, 3.8) is 0 Å². The van der Waals surface area contributed by atoms with Gasteiger partial charge in [0.15, 0.2) is 0 Å². The van der Waals surface area contributed by atoms with Crippen LogP contribution in [0.5, 0.6) is 0 Å². The van der Waals surface area contributed by atoms with Crippen LogP contribution in [0.15, 0.2) is 12.7 Å². The molecular formula is C8H14O4. The van der Waals surface area contributed by atoms with Crippen LogP contribution in [-0.2, 0) is 9.53 Å². The van der Waals surface area contributed by atoms with Gasteiger partial charge < -0.3 is 14.9 Å². The Balaban J connectivity index is 3.85. The summed E-state index contributed by atoms with van der Waals surface area (Å²) in [4.78, 5) is 10.5. The smallest absolute Gasteiger partial charge is 0.334 e. The molecule has 0 saturated heterocycles. The van der Waals surface area contributed by atoms with Gasteiger partial charge in [-0.3, -0.25) is 0 Å². The fourth-order valence-electron chi connectivity index (χ4n) is 0.661. The highest BCUT2D eigenvalue weighted by Crippen LogP contribution is 2.12. The lowest BCUT2D eigenvalue weighted by Gasteiger charge is -2.19. The van der Waals surface area contributed by atoms with E-state index in [0.29, 0.717) is 6.42 Å². The Labute approximate surface area is 71.5 Å². The summed E-state index contributed by atoms with van der Waals surface area (Å²) >= 11 is 0. The van der Waals surface area contributed by atoms with Crippen molar-refractivity contribution in [1.29, 1.82) is 0 Å². The Morgan fingerprint density at radius 3 is 2.67 bits per heavy atom. The van der Waals surface area contributed by atoms with Gasteiger partial charge in [-0.1, -0.05) is 19.9 Å². The second-order valence-electron chi connectivity index (χ2n) is 2.47. The number of esters is 1. The Kier molecular flexibility index (Phi) is 4.54. The summed E-state index contributed by atoms with van der Waals surface area (Å²) in [6.07, 6.45) is 2.28. The molecule has 4 heteroatoms. The molecule has 0 aromatic carbocycles. The minimum atomic E-state index is -2.35. The first-order valence-corrected chi connectivity index (χ1v) is 3.82. The van der Waals surface area contributed by atoms with E-state index in [-0.39, 0.29) is 6.42 Å². The first-order valence-electron chi connectivity index (χ1n) is 3.82. The van der Waals surface area contributed by atoms with Crippen LogP contribution < -0.4 is 0 Å². The van der Waals surface area contributed by atoms with Crippen molar-refractivity contribution >= 4 is 5.97 Å². The van der Waals surface area contributed by atoms with Crippen molar-refractivity contribution in [2.75, 3.05) is 0 Å². The van der Waals surface area contributed by atoms with Crippen LogP contribution in [-0.4, -0.2) is 22.2 Å². The van der Waals surface area contributed by atoms with Gasteiger partial charge in [-0.2, -0.15) is 0 Å². The van der Waals surface area contributed by atoms with E-state index in [9.17, 15) is 4.79 Å². The first-order chi connectivity index (χ1) is 5.52. The third kappa shape index (κ3) is 4.87. The lowest BCUT2D eigenvalue weighted by atomic mass is 10.2. The van der Waals surface area contributed by atoms with Gasteiger partial charge in [0.2, 0.25) is 0 Å². The first kappa shape index (κ1) is 11.1. The standard InChI is InChI=1S/C8H14O4/c1-3-5-6-8(10,11)12-7(9)4-2/h4,10-11H,2-3,5-6H2,1H3. The van der Waals surface area contributed by atoms with E-state index in [1.54, 1.807) is 0 Å². The van der Waals surface area contributed by atoms with Gasteiger partial charge in [0.25, 0.3) is 0 Å². The van der Waals surface area contributed by atoms with E-state index >= 15 is 0 Å². The molecule has 2 N–H and O–H groups in total. The van der Waals surface area contributed by atoms with Crippen molar-refractivity contribution < 1.29 is 19.7 Å². The Hall–Kier alpha value is -0.870. The van der Waals surface area contributed by atoms with E-state index in [1.807, 2.05) is 6.92 Å². The third-order valence-electron chi connectivity index (χ3n) is 1.29. The van der Waals surface area contributed by atoms with Gasteiger partial charge in [-0.25, -0.2) is 4.79 Å². The van der Waals surface area contributed by atoms with Crippen LogP contribution in [0, 0.1) is 0 Å². The SMILES string of the molecule is C=CC(=O)OC(O)(O)CCCC. The second-order valence-corrected chi connectivity index (χ2v) is 2.47. The molecule has 70 valence electrons. The third-order valence-corrected chi connectivity index (χ3v) is 1.29. The number of hydrogen-bond acceptors (Lipinski definition) is 4. The van der Waals surface area contributed by atoms with Gasteiger partial charge in [-0.15, -0.1) is 0 Å². The van der Waals surface area contributed by atoms with E-state index in [2.05, 4.69) is 11.3 Å². The van der Waals surface area contributed by atoms with E-state index in [4.69, 9.17) is 10.2 Å². The zero-order valence-corrected chi connectivity index (χ0v) is 7.12. The quantitative estimate of drug-likeness (QED) is 0.363. The largest absolute Gasteiger partial charge is 0.405 e. The lowest BCUT2D eigenvalue weighted by molar-refractivity contribution is -0.319. The summed E-state index contributed by atoms with van der Waals surface area (Å²) in [5.74, 6) is -3.18. The molecule has 0 heterocycles. The van der Waals surface area contributed by atoms with E-state index in [1.165, 1.54) is 0 Å². The molecule has 0 unspecified atom stereocenters. The van der Waals surface area contributed by atoms with Crippen LogP contribution in [0.25, 0.3) is 0 Å². The molecule has 0 bridgehead atoms. The Bertz CT molecular complexity index is 162. The summed E-state index contributed by atoms with van der Waals surface area (Å²) in [5.41, 5.74) is 0. The second kappa shape index (κ2) is 4.90. The van der Waals surface area contributed by atoms with Crippen molar-refractivity contribution in [3.05, 3.63) is 12.7 Å². The molecule has 0 radical (unpaired) electrons. The lowest BCUT2D eigenvalue weighted by Crippen LogP contribution is -2.33. The fraction of sp³-hybridized carbons (Fsp3) is 0.625. The van der Waals surface area contributed by atoms with Gasteiger partial charge in [0.05, 0.1) is 0 Å². The van der Waals surface area contributed by atoms with Gasteiger partial charge >= 0.3 is 11.9 Å². The van der Waals surface area contributed by atoms with Crippen LogP contribution >= 0.6 is 0 Å². The average Bonchev–Trinajstić information content (AvgIpc) is 2.00. The van der Waals surface area contributed by atoms with Crippen LogP contribution in [0.4, 0.5) is 0 Å². The number of aliphatic hydroxyl groups is 2. The molecule has 0 aliphatic heterocycles. The normalized spacial score (nSPS) is 10.9. The summed E-state index contributed by atoms with van der Waals surface area (Å²) in [5, 5.41) is 18.0. The maximum Gasteiger partial charge on any atom is 0.334 e. The molecular weight excluding hydrogens is 160 g/mol. The zero-order chi connectivity index (χ0) is 9.61. The molecule has 0 aliphatic rings. The number of ether oxygens (including phenoxy) is 1. The maximum atomic E-state index is 10.5. The predicted molar refractivity (Wildman–Crippen MR) is 43.0 cm³/mol. The monoisotopic (exact) mass is 174 g/mol. The summed E-state index contributed by atoms with van der Waals surface area (Å²) in [6, 6.07) is 0. The number of carbonyl (C=O) groups excluding carboxylic acids is 1. The van der Waals surface area contributed by atoms with Crippen LogP contribution in [0.1, 0.15) is 26.2 Å². The Morgan fingerprint density at radius 2 is 2.25 bits per heavy atom. The van der Waals surface area contributed by atoms with Crippen molar-refractivity contribution in [3.8, 4) is 0 Å². The van der Waals surface area contributed by atoms with Crippen molar-refractivity contribution in [2.45, 2.75) is 32.2 Å². The molecule has 0 aliphatic carbocycles. The highest BCUT2D eigenvalue weighted by atomic mass is 16.8. The van der Waals surface area contributed by atoms with E-state index in [0.717, 1.165) is 12.5 Å². The molecule has 12 heavy (non-hydrogen) atoms. The summed E-state index contributed by atoms with van der Waals surface area (Å²) in [7, 11) is 0. The van der Waals surface area contributed by atoms with Crippen molar-refractivity contribution in [2.24, 2.45) is 0 Å². The van der Waals surface area contributed by atoms with Gasteiger partial charge in [0, 0.05) is 12.5 Å². The van der Waals surface area contributed by atoms with Gasteiger partial charge in [0.1, 0.15) is 0 Å². The maximum absolute atomic E-state index is 10.5. The van der Waals surface area contributed by atoms with Crippen molar-refractivity contribution in [1.82, 2.24) is 0 Å². The van der Waals surface area contributed by atoms with E-state index < -0.39 is 11.9 Å². The molecule has 0 atom stereocenters. The van der Waals surface area contributed by atoms with Crippen LogP contribution in [0.3, 0.4) is 0 Å². The molecule has 0 spiro atoms. The molecule has 0 rings (SSSR count). The minimum absolute atomic E-state index is 0.0169. The Morgan fingerprint density at radius 1 is 1.67 bits per heavy atom. The summed E-state index contributed by atoms with van der Waals surface area (Å²) in [6.45, 7) is 5.02. The number of carbonyl (C=O) groups is 1. The highest BCUT2D eigenvalue weighted by Gasteiger charge is 2.26. The highest BCUT2D eigenvalue weighted by molar-refractivity contribution is 5.81. The molecule has 0 aromatic rings. The van der Waals surface area contributed by atoms with Gasteiger partial charge in [-0.05, 0) is 6.42 Å². The number of unbranched alkanes of at least 4 members (excludes halogenated alkanes) is 1. The topological polar surface area (TPSA) is 66.8 Å². The average molecular weight is 174 g/mol. The molecule has 0 saturated carbocycles.